The van der Waals surface area contributed by atoms with Crippen LogP contribution in [0.3, 0.4) is 0 Å². The summed E-state index contributed by atoms with van der Waals surface area (Å²) >= 11 is 0. The first kappa shape index (κ1) is 24.8. The zero-order valence-electron chi connectivity index (χ0n) is 20.8. The molecule has 35 heavy (non-hydrogen) atoms. The Hall–Kier alpha value is -3.35. The molecule has 2 amide bonds. The second-order valence-electron chi connectivity index (χ2n) is 10.6. The minimum atomic E-state index is -0.896. The number of carbonyl (C=O) groups excluding carboxylic acids is 2. The third-order valence-electron chi connectivity index (χ3n) is 7.31. The van der Waals surface area contributed by atoms with Gasteiger partial charge in [0.1, 0.15) is 12.6 Å². The van der Waals surface area contributed by atoms with Gasteiger partial charge in [0.05, 0.1) is 5.92 Å². The van der Waals surface area contributed by atoms with E-state index in [0.29, 0.717) is 19.4 Å². The number of aliphatic carboxylic acids is 1. The van der Waals surface area contributed by atoms with Crippen LogP contribution < -0.4 is 5.32 Å². The number of carbonyl (C=O) groups is 3. The average Bonchev–Trinajstić information content (AvgIpc) is 3.14. The molecule has 0 aromatic heterocycles. The molecular formula is C28H34N2O5. The van der Waals surface area contributed by atoms with Crippen LogP contribution in [0.1, 0.15) is 57.6 Å². The molecular weight excluding hydrogens is 444 g/mol. The monoisotopic (exact) mass is 478 g/mol. The SMILES string of the molecule is C[C@@H]1[C@H](C(=O)O)CCCN1C(=O)C(NC(=O)OCC1c2ccccc2-c2ccccc21)C(C)(C)C. The zero-order chi connectivity index (χ0) is 25.3. The van der Waals surface area contributed by atoms with Crippen molar-refractivity contribution >= 4 is 18.0 Å². The number of alkyl carbamates (subject to hydrolysis) is 1. The number of carboxylic acids is 1. The Balaban J connectivity index is 1.47. The number of amides is 2. The lowest BCUT2D eigenvalue weighted by Crippen LogP contribution is -2.59. The van der Waals surface area contributed by atoms with E-state index in [1.807, 2.05) is 45.0 Å². The molecule has 1 aliphatic heterocycles. The Morgan fingerprint density at radius 1 is 1.06 bits per heavy atom. The molecule has 4 rings (SSSR count). The molecule has 7 heteroatoms. The summed E-state index contributed by atoms with van der Waals surface area (Å²) in [6.07, 6.45) is 0.509. The second kappa shape index (κ2) is 9.72. The highest BCUT2D eigenvalue weighted by Crippen LogP contribution is 2.44. The summed E-state index contributed by atoms with van der Waals surface area (Å²) < 4.78 is 5.67. The normalized spacial score (nSPS) is 20.5. The summed E-state index contributed by atoms with van der Waals surface area (Å²) in [5.74, 6) is -1.85. The quantitative estimate of drug-likeness (QED) is 0.652. The fourth-order valence-corrected chi connectivity index (χ4v) is 5.36. The smallest absolute Gasteiger partial charge is 0.407 e. The van der Waals surface area contributed by atoms with E-state index >= 15 is 0 Å². The zero-order valence-corrected chi connectivity index (χ0v) is 20.8. The molecule has 0 saturated carbocycles. The fourth-order valence-electron chi connectivity index (χ4n) is 5.36. The number of carboxylic acid groups (broad SMARTS) is 1. The summed E-state index contributed by atoms with van der Waals surface area (Å²) in [5, 5.41) is 12.3. The molecule has 1 saturated heterocycles. The van der Waals surface area contributed by atoms with Crippen LogP contribution >= 0.6 is 0 Å². The van der Waals surface area contributed by atoms with Gasteiger partial charge < -0.3 is 20.1 Å². The van der Waals surface area contributed by atoms with Crippen molar-refractivity contribution in [1.82, 2.24) is 10.2 Å². The minimum absolute atomic E-state index is 0.0737. The van der Waals surface area contributed by atoms with E-state index in [1.54, 1.807) is 11.8 Å². The molecule has 0 bridgehead atoms. The van der Waals surface area contributed by atoms with Gasteiger partial charge in [0.2, 0.25) is 5.91 Å². The molecule has 186 valence electrons. The van der Waals surface area contributed by atoms with E-state index in [-0.39, 0.29) is 18.4 Å². The number of ether oxygens (including phenoxy) is 1. The van der Waals surface area contributed by atoms with Gasteiger partial charge in [0, 0.05) is 18.5 Å². The van der Waals surface area contributed by atoms with Crippen LogP contribution in [0.4, 0.5) is 4.79 Å². The molecule has 2 aliphatic rings. The first-order valence-electron chi connectivity index (χ1n) is 12.2. The number of likely N-dealkylation sites (tertiary alicyclic amines) is 1. The van der Waals surface area contributed by atoms with Gasteiger partial charge in [-0.15, -0.1) is 0 Å². The van der Waals surface area contributed by atoms with E-state index in [0.717, 1.165) is 22.3 Å². The number of piperidine rings is 1. The van der Waals surface area contributed by atoms with E-state index in [2.05, 4.69) is 29.6 Å². The van der Waals surface area contributed by atoms with Gasteiger partial charge in [0.15, 0.2) is 0 Å². The standard InChI is InChI=1S/C28H34N2O5/c1-17-18(26(32)33)14-9-15-30(17)25(31)24(28(2,3)4)29-27(34)35-16-23-21-12-7-5-10-19(21)20-11-6-8-13-22(20)23/h5-8,10-13,17-18,23-24H,9,14-16H2,1-4H3,(H,29,34)(H,32,33)/t17-,18-,24?/m1/s1. The van der Waals surface area contributed by atoms with Gasteiger partial charge in [-0.3, -0.25) is 9.59 Å². The third kappa shape index (κ3) is 4.90. The van der Waals surface area contributed by atoms with Crippen molar-refractivity contribution in [1.29, 1.82) is 0 Å². The number of hydrogen-bond donors (Lipinski definition) is 2. The molecule has 3 atom stereocenters. The highest BCUT2D eigenvalue weighted by Gasteiger charge is 2.42. The molecule has 2 aromatic rings. The van der Waals surface area contributed by atoms with Crippen LogP contribution in [0.15, 0.2) is 48.5 Å². The van der Waals surface area contributed by atoms with Crippen molar-refractivity contribution in [3.8, 4) is 11.1 Å². The first-order chi connectivity index (χ1) is 16.6. The van der Waals surface area contributed by atoms with E-state index in [4.69, 9.17) is 4.74 Å². The fraction of sp³-hybridized carbons (Fsp3) is 0.464. The van der Waals surface area contributed by atoms with Crippen molar-refractivity contribution in [2.45, 2.75) is 58.5 Å². The van der Waals surface area contributed by atoms with Crippen LogP contribution in [-0.2, 0) is 14.3 Å². The Kier molecular flexibility index (Phi) is 6.88. The summed E-state index contributed by atoms with van der Waals surface area (Å²) in [6.45, 7) is 8.03. The topological polar surface area (TPSA) is 95.9 Å². The Morgan fingerprint density at radius 2 is 1.63 bits per heavy atom. The maximum Gasteiger partial charge on any atom is 0.407 e. The summed E-state index contributed by atoms with van der Waals surface area (Å²) in [7, 11) is 0. The van der Waals surface area contributed by atoms with Crippen molar-refractivity contribution in [2.75, 3.05) is 13.2 Å². The maximum absolute atomic E-state index is 13.5. The number of rotatable bonds is 5. The van der Waals surface area contributed by atoms with Gasteiger partial charge >= 0.3 is 12.1 Å². The Morgan fingerprint density at radius 3 is 2.17 bits per heavy atom. The van der Waals surface area contributed by atoms with E-state index < -0.39 is 35.5 Å². The predicted molar refractivity (Wildman–Crippen MR) is 133 cm³/mol. The van der Waals surface area contributed by atoms with Gasteiger partial charge in [-0.1, -0.05) is 69.3 Å². The maximum atomic E-state index is 13.5. The number of nitrogens with one attached hydrogen (secondary N) is 1. The predicted octanol–water partition coefficient (Wildman–Crippen LogP) is 4.65. The van der Waals surface area contributed by atoms with Crippen molar-refractivity contribution in [3.05, 3.63) is 59.7 Å². The number of fused-ring (bicyclic) bond motifs is 3. The lowest BCUT2D eigenvalue weighted by Gasteiger charge is -2.41. The van der Waals surface area contributed by atoms with Gasteiger partial charge in [-0.2, -0.15) is 0 Å². The molecule has 1 fully saturated rings. The lowest BCUT2D eigenvalue weighted by molar-refractivity contribution is -0.150. The molecule has 1 unspecified atom stereocenters. The van der Waals surface area contributed by atoms with Gasteiger partial charge in [0.25, 0.3) is 0 Å². The molecule has 2 aromatic carbocycles. The highest BCUT2D eigenvalue weighted by atomic mass is 16.5. The average molecular weight is 479 g/mol. The number of hydrogen-bond acceptors (Lipinski definition) is 4. The lowest BCUT2D eigenvalue weighted by atomic mass is 9.83. The second-order valence-corrected chi connectivity index (χ2v) is 10.6. The van der Waals surface area contributed by atoms with E-state index in [1.165, 1.54) is 0 Å². The van der Waals surface area contributed by atoms with E-state index in [9.17, 15) is 19.5 Å². The van der Waals surface area contributed by atoms with Gasteiger partial charge in [-0.05, 0) is 47.4 Å². The van der Waals surface area contributed by atoms with Crippen LogP contribution in [0.2, 0.25) is 0 Å². The molecule has 0 spiro atoms. The van der Waals surface area contributed by atoms with Crippen molar-refractivity contribution < 1.29 is 24.2 Å². The Labute approximate surface area is 206 Å². The van der Waals surface area contributed by atoms with Crippen molar-refractivity contribution in [3.63, 3.8) is 0 Å². The third-order valence-corrected chi connectivity index (χ3v) is 7.31. The summed E-state index contributed by atoms with van der Waals surface area (Å²) in [4.78, 5) is 39.7. The minimum Gasteiger partial charge on any atom is -0.481 e. The van der Waals surface area contributed by atoms with Crippen molar-refractivity contribution in [2.24, 2.45) is 11.3 Å². The highest BCUT2D eigenvalue weighted by molar-refractivity contribution is 5.87. The molecule has 7 nitrogen and oxygen atoms in total. The molecule has 1 heterocycles. The largest absolute Gasteiger partial charge is 0.481 e. The number of nitrogens with zero attached hydrogens (tertiary/aromatic N) is 1. The van der Waals surface area contributed by atoms with Crippen LogP contribution in [0.25, 0.3) is 11.1 Å². The summed E-state index contributed by atoms with van der Waals surface area (Å²) in [5.41, 5.74) is 3.94. The number of benzene rings is 2. The van der Waals surface area contributed by atoms with Crippen LogP contribution in [0.5, 0.6) is 0 Å². The van der Waals surface area contributed by atoms with Gasteiger partial charge in [-0.25, -0.2) is 4.79 Å². The molecule has 1 aliphatic carbocycles. The summed E-state index contributed by atoms with van der Waals surface area (Å²) in [6, 6.07) is 14.9. The first-order valence-corrected chi connectivity index (χ1v) is 12.2. The van der Waals surface area contributed by atoms with Crippen LogP contribution in [0, 0.1) is 11.3 Å². The molecule has 2 N–H and O–H groups in total. The Bertz CT molecular complexity index is 1080. The van der Waals surface area contributed by atoms with Crippen LogP contribution in [-0.4, -0.2) is 53.2 Å². The molecule has 0 radical (unpaired) electrons.